The highest BCUT2D eigenvalue weighted by atomic mass is 32.1. The molecule has 0 fully saturated rings. The first-order valence-corrected chi connectivity index (χ1v) is 8.57. The lowest BCUT2D eigenvalue weighted by atomic mass is 10.1. The van der Waals surface area contributed by atoms with Gasteiger partial charge in [-0.1, -0.05) is 0 Å². The minimum Gasteiger partial charge on any atom is -0.481 e. The van der Waals surface area contributed by atoms with E-state index in [0.29, 0.717) is 26.8 Å². The van der Waals surface area contributed by atoms with E-state index in [-0.39, 0.29) is 18.1 Å². The Balaban J connectivity index is 1.89. The molecule has 0 aliphatic carbocycles. The van der Waals surface area contributed by atoms with Crippen LogP contribution in [0.15, 0.2) is 54.7 Å². The fourth-order valence-electron chi connectivity index (χ4n) is 2.81. The van der Waals surface area contributed by atoms with Crippen LogP contribution in [0.25, 0.3) is 27.5 Å². The molecule has 2 heterocycles. The average molecular weight is 370 g/mol. The number of hydrogen-bond acceptors (Lipinski definition) is 3. The third kappa shape index (κ3) is 2.97. The van der Waals surface area contributed by atoms with Crippen molar-refractivity contribution in [2.45, 2.75) is 6.42 Å². The Hall–Kier alpha value is -3.06. The Kier molecular flexibility index (Phi) is 4.00. The van der Waals surface area contributed by atoms with Crippen LogP contribution in [0.5, 0.6) is 0 Å². The van der Waals surface area contributed by atoms with E-state index in [1.807, 2.05) is 0 Å². The summed E-state index contributed by atoms with van der Waals surface area (Å²) in [6.07, 6.45) is 1.63. The number of halogens is 2. The molecule has 130 valence electrons. The van der Waals surface area contributed by atoms with E-state index in [2.05, 4.69) is 4.98 Å². The van der Waals surface area contributed by atoms with E-state index in [1.54, 1.807) is 34.9 Å². The molecule has 0 amide bonds. The Morgan fingerprint density at radius 2 is 1.58 bits per heavy atom. The lowest BCUT2D eigenvalue weighted by molar-refractivity contribution is -0.136. The molecule has 0 spiro atoms. The Bertz CT molecular complexity index is 1100. The van der Waals surface area contributed by atoms with Crippen LogP contribution in [0.1, 0.15) is 4.88 Å². The Labute approximate surface area is 151 Å². The number of thiazole rings is 1. The molecule has 0 saturated carbocycles. The maximum Gasteiger partial charge on any atom is 0.308 e. The van der Waals surface area contributed by atoms with Gasteiger partial charge in [0.25, 0.3) is 0 Å². The summed E-state index contributed by atoms with van der Waals surface area (Å²) < 4.78 is 28.2. The van der Waals surface area contributed by atoms with Gasteiger partial charge in [0, 0.05) is 16.6 Å². The fraction of sp³-hybridized carbons (Fsp3) is 0.0526. The number of aromatic nitrogens is 2. The lowest BCUT2D eigenvalue weighted by Crippen LogP contribution is -2.00. The minimum atomic E-state index is -0.948. The molecule has 0 aliphatic heterocycles. The Morgan fingerprint density at radius 3 is 2.15 bits per heavy atom. The number of fused-ring (bicyclic) bond motifs is 1. The van der Waals surface area contributed by atoms with Crippen molar-refractivity contribution in [2.24, 2.45) is 0 Å². The summed E-state index contributed by atoms with van der Waals surface area (Å²) in [5, 5.41) is 9.19. The number of benzene rings is 2. The first-order valence-electron chi connectivity index (χ1n) is 7.76. The second kappa shape index (κ2) is 6.34. The summed E-state index contributed by atoms with van der Waals surface area (Å²) in [6.45, 7) is 0. The lowest BCUT2D eigenvalue weighted by Gasteiger charge is -2.04. The van der Waals surface area contributed by atoms with Crippen LogP contribution in [-0.4, -0.2) is 20.5 Å². The van der Waals surface area contributed by atoms with Crippen LogP contribution in [0, 0.1) is 11.6 Å². The van der Waals surface area contributed by atoms with Crippen LogP contribution in [0.4, 0.5) is 8.78 Å². The summed E-state index contributed by atoms with van der Waals surface area (Å²) >= 11 is 1.27. The van der Waals surface area contributed by atoms with Gasteiger partial charge >= 0.3 is 5.97 Å². The molecular formula is C19H12F2N2O2S. The maximum absolute atomic E-state index is 13.3. The van der Waals surface area contributed by atoms with Crippen molar-refractivity contribution in [3.8, 4) is 22.5 Å². The number of carbonyl (C=O) groups is 1. The first kappa shape index (κ1) is 16.4. The van der Waals surface area contributed by atoms with Crippen LogP contribution in [-0.2, 0) is 11.2 Å². The number of nitrogens with zero attached hydrogens (tertiary/aromatic N) is 2. The largest absolute Gasteiger partial charge is 0.481 e. The monoisotopic (exact) mass is 370 g/mol. The average Bonchev–Trinajstić information content (AvgIpc) is 3.13. The number of rotatable bonds is 4. The molecule has 4 rings (SSSR count). The highest BCUT2D eigenvalue weighted by Crippen LogP contribution is 2.34. The van der Waals surface area contributed by atoms with Crippen molar-refractivity contribution in [2.75, 3.05) is 0 Å². The zero-order chi connectivity index (χ0) is 18.3. The van der Waals surface area contributed by atoms with Crippen molar-refractivity contribution in [3.05, 3.63) is 71.2 Å². The van der Waals surface area contributed by atoms with Gasteiger partial charge in [0.2, 0.25) is 0 Å². The van der Waals surface area contributed by atoms with Crippen molar-refractivity contribution in [1.82, 2.24) is 9.38 Å². The minimum absolute atomic E-state index is 0.146. The van der Waals surface area contributed by atoms with Gasteiger partial charge in [-0.3, -0.25) is 9.20 Å². The fourth-order valence-corrected chi connectivity index (χ4v) is 3.93. The summed E-state index contributed by atoms with van der Waals surface area (Å²) in [7, 11) is 0. The van der Waals surface area contributed by atoms with Crippen LogP contribution in [0.3, 0.4) is 0 Å². The van der Waals surface area contributed by atoms with Crippen LogP contribution < -0.4 is 0 Å². The van der Waals surface area contributed by atoms with E-state index in [1.165, 1.54) is 35.6 Å². The van der Waals surface area contributed by atoms with E-state index >= 15 is 0 Å². The maximum atomic E-state index is 13.3. The van der Waals surface area contributed by atoms with E-state index in [0.717, 1.165) is 5.56 Å². The molecule has 7 heteroatoms. The van der Waals surface area contributed by atoms with Crippen molar-refractivity contribution in [3.63, 3.8) is 0 Å². The molecule has 0 bridgehead atoms. The van der Waals surface area contributed by atoms with Gasteiger partial charge in [-0.15, -0.1) is 11.3 Å². The highest BCUT2D eigenvalue weighted by Gasteiger charge is 2.19. The van der Waals surface area contributed by atoms with Crippen molar-refractivity contribution in [1.29, 1.82) is 0 Å². The highest BCUT2D eigenvalue weighted by molar-refractivity contribution is 7.17. The molecule has 26 heavy (non-hydrogen) atoms. The first-order chi connectivity index (χ1) is 12.5. The van der Waals surface area contributed by atoms with Gasteiger partial charge in [0.1, 0.15) is 11.6 Å². The number of hydrogen-bond donors (Lipinski definition) is 1. The van der Waals surface area contributed by atoms with Gasteiger partial charge in [-0.05, 0) is 54.1 Å². The second-order valence-corrected chi connectivity index (χ2v) is 6.80. The number of carboxylic acids is 1. The summed E-state index contributed by atoms with van der Waals surface area (Å²) in [4.78, 5) is 17.0. The van der Waals surface area contributed by atoms with Crippen molar-refractivity contribution >= 4 is 22.3 Å². The van der Waals surface area contributed by atoms with E-state index < -0.39 is 5.97 Å². The molecule has 0 aliphatic rings. The summed E-state index contributed by atoms with van der Waals surface area (Å²) in [6, 6.07) is 11.9. The molecule has 2 aromatic carbocycles. The molecular weight excluding hydrogens is 358 g/mol. The molecule has 4 aromatic rings. The molecule has 1 N–H and O–H groups in total. The SMILES string of the molecule is O=C(O)Cc1sc2nc(-c3ccc(F)cc3)cn2c1-c1ccc(F)cc1. The van der Waals surface area contributed by atoms with Crippen molar-refractivity contribution < 1.29 is 18.7 Å². The van der Waals surface area contributed by atoms with Gasteiger partial charge in [0.05, 0.1) is 17.8 Å². The predicted octanol–water partition coefficient (Wildman–Crippen LogP) is 4.64. The predicted molar refractivity (Wildman–Crippen MR) is 95.2 cm³/mol. The zero-order valence-corrected chi connectivity index (χ0v) is 14.1. The number of imidazole rings is 1. The van der Waals surface area contributed by atoms with Crippen LogP contribution >= 0.6 is 11.3 Å². The third-order valence-corrected chi connectivity index (χ3v) is 5.02. The van der Waals surface area contributed by atoms with E-state index in [4.69, 9.17) is 0 Å². The molecule has 4 nitrogen and oxygen atoms in total. The number of aliphatic carboxylic acids is 1. The molecule has 2 aromatic heterocycles. The zero-order valence-electron chi connectivity index (χ0n) is 13.3. The third-order valence-electron chi connectivity index (χ3n) is 3.96. The van der Waals surface area contributed by atoms with Gasteiger partial charge < -0.3 is 5.11 Å². The van der Waals surface area contributed by atoms with Gasteiger partial charge in [0.15, 0.2) is 4.96 Å². The standard InChI is InChI=1S/C19H12F2N2O2S/c20-13-5-1-11(2-6-13)15-10-23-18(12-3-7-14(21)8-4-12)16(9-17(24)25)26-19(23)22-15/h1-8,10H,9H2,(H,24,25). The van der Waals surface area contributed by atoms with E-state index in [9.17, 15) is 18.7 Å². The Morgan fingerprint density at radius 1 is 1.00 bits per heavy atom. The van der Waals surface area contributed by atoms with Gasteiger partial charge in [-0.2, -0.15) is 0 Å². The number of carboxylic acid groups (broad SMARTS) is 1. The normalized spacial score (nSPS) is 11.2. The van der Waals surface area contributed by atoms with Gasteiger partial charge in [-0.25, -0.2) is 13.8 Å². The second-order valence-electron chi connectivity index (χ2n) is 5.74. The molecule has 0 saturated heterocycles. The molecule has 0 radical (unpaired) electrons. The summed E-state index contributed by atoms with van der Waals surface area (Å²) in [5.74, 6) is -1.64. The molecule has 0 unspecified atom stereocenters. The molecule has 0 atom stereocenters. The quantitative estimate of drug-likeness (QED) is 0.570. The smallest absolute Gasteiger partial charge is 0.308 e. The van der Waals surface area contributed by atoms with Crippen LogP contribution in [0.2, 0.25) is 0 Å². The topological polar surface area (TPSA) is 54.6 Å². The summed E-state index contributed by atoms with van der Waals surface area (Å²) in [5.41, 5.74) is 2.79.